The minimum absolute atomic E-state index is 0.0739. The summed E-state index contributed by atoms with van der Waals surface area (Å²) in [5, 5.41) is 8.30. The molecule has 1 saturated heterocycles. The first-order valence-electron chi connectivity index (χ1n) is 6.37. The van der Waals surface area contributed by atoms with Crippen LogP contribution in [-0.4, -0.2) is 41.9 Å². The van der Waals surface area contributed by atoms with Crippen LogP contribution in [0.4, 0.5) is 0 Å². The monoisotopic (exact) mass is 261 g/mol. The van der Waals surface area contributed by atoms with E-state index < -0.39 is 5.91 Å². The zero-order valence-electron chi connectivity index (χ0n) is 11.2. The molecule has 0 radical (unpaired) electrons. The first-order valence-corrected chi connectivity index (χ1v) is 6.37. The van der Waals surface area contributed by atoms with Crippen molar-refractivity contribution in [3.8, 4) is 0 Å². The molecule has 2 atom stereocenters. The molecule has 1 aromatic carbocycles. The van der Waals surface area contributed by atoms with Crippen LogP contribution >= 0.6 is 0 Å². The van der Waals surface area contributed by atoms with Gasteiger partial charge in [0.1, 0.15) is 5.84 Å². The zero-order valence-corrected chi connectivity index (χ0v) is 11.2. The highest BCUT2D eigenvalue weighted by Crippen LogP contribution is 2.16. The van der Waals surface area contributed by atoms with Crippen molar-refractivity contribution in [2.75, 3.05) is 13.1 Å². The van der Waals surface area contributed by atoms with Crippen LogP contribution in [0.25, 0.3) is 0 Å². The molecule has 5 heteroatoms. The van der Waals surface area contributed by atoms with E-state index in [2.05, 4.69) is 0 Å². The van der Waals surface area contributed by atoms with Gasteiger partial charge in [-0.1, -0.05) is 18.2 Å². The van der Waals surface area contributed by atoms with Crippen LogP contribution < -0.4 is 5.73 Å². The van der Waals surface area contributed by atoms with E-state index in [0.29, 0.717) is 30.1 Å². The molecule has 0 aliphatic carbocycles. The third-order valence-electron chi connectivity index (χ3n) is 3.18. The van der Waals surface area contributed by atoms with Crippen LogP contribution in [0, 0.1) is 5.41 Å². The van der Waals surface area contributed by atoms with Crippen LogP contribution in [0.2, 0.25) is 0 Å². The van der Waals surface area contributed by atoms with Gasteiger partial charge in [-0.15, -0.1) is 0 Å². The number of primary amides is 1. The molecule has 0 aromatic heterocycles. The highest BCUT2D eigenvalue weighted by atomic mass is 16.5. The third kappa shape index (κ3) is 2.93. The number of amides is 1. The maximum Gasteiger partial charge on any atom is 0.249 e. The normalized spacial score (nSPS) is 23.2. The summed E-state index contributed by atoms with van der Waals surface area (Å²) >= 11 is 0. The lowest BCUT2D eigenvalue weighted by molar-refractivity contribution is -0.0480. The Balaban J connectivity index is 2.27. The van der Waals surface area contributed by atoms with Gasteiger partial charge in [0.15, 0.2) is 0 Å². The Kier molecular flexibility index (Phi) is 3.85. The maximum atomic E-state index is 11.4. The Morgan fingerprint density at radius 2 is 1.79 bits per heavy atom. The van der Waals surface area contributed by atoms with Crippen LogP contribution in [0.1, 0.15) is 29.8 Å². The molecule has 0 bridgehead atoms. The van der Waals surface area contributed by atoms with E-state index in [4.69, 9.17) is 15.9 Å². The molecule has 19 heavy (non-hydrogen) atoms. The van der Waals surface area contributed by atoms with Crippen molar-refractivity contribution in [2.45, 2.75) is 26.1 Å². The molecule has 1 heterocycles. The molecule has 102 valence electrons. The van der Waals surface area contributed by atoms with Gasteiger partial charge >= 0.3 is 0 Å². The number of benzene rings is 1. The number of carbonyl (C=O) groups excluding carboxylic acids is 1. The second-order valence-corrected chi connectivity index (χ2v) is 4.92. The molecule has 1 fully saturated rings. The lowest BCUT2D eigenvalue weighted by atomic mass is 10.0. The predicted molar refractivity (Wildman–Crippen MR) is 73.4 cm³/mol. The number of nitrogens with two attached hydrogens (primary N) is 1. The zero-order chi connectivity index (χ0) is 14.0. The Labute approximate surface area is 112 Å². The standard InChI is InChI=1S/C14H19N3O2/c1-9-7-17(8-10(2)19-9)13(15)11-5-3-4-6-12(11)14(16)18/h3-6,9-10,15H,7-8H2,1-2H3,(H2,16,18). The molecule has 1 aliphatic heterocycles. The SMILES string of the molecule is CC1CN(C(=N)c2ccccc2C(N)=O)CC(C)O1. The number of amidine groups is 1. The molecule has 0 saturated carbocycles. The van der Waals surface area contributed by atoms with Gasteiger partial charge in [0.05, 0.1) is 12.2 Å². The number of hydrogen-bond donors (Lipinski definition) is 2. The van der Waals surface area contributed by atoms with Crippen molar-refractivity contribution in [1.29, 1.82) is 5.41 Å². The molecule has 5 nitrogen and oxygen atoms in total. The number of nitrogens with one attached hydrogen (secondary N) is 1. The van der Waals surface area contributed by atoms with Crippen molar-refractivity contribution in [2.24, 2.45) is 5.73 Å². The number of rotatable bonds is 2. The second kappa shape index (κ2) is 5.40. The quantitative estimate of drug-likeness (QED) is 0.620. The van der Waals surface area contributed by atoms with E-state index in [0.717, 1.165) is 0 Å². The number of morpholine rings is 1. The van der Waals surface area contributed by atoms with E-state index in [1.54, 1.807) is 18.2 Å². The lowest BCUT2D eigenvalue weighted by Crippen LogP contribution is -2.48. The number of nitrogens with zero attached hydrogens (tertiary/aromatic N) is 1. The highest BCUT2D eigenvalue weighted by Gasteiger charge is 2.26. The summed E-state index contributed by atoms with van der Waals surface area (Å²) in [5.74, 6) is -0.175. The molecule has 2 rings (SSSR count). The maximum absolute atomic E-state index is 11.4. The summed E-state index contributed by atoms with van der Waals surface area (Å²) < 4.78 is 5.65. The Morgan fingerprint density at radius 1 is 1.26 bits per heavy atom. The average Bonchev–Trinajstić information content (AvgIpc) is 2.36. The van der Waals surface area contributed by atoms with Crippen molar-refractivity contribution < 1.29 is 9.53 Å². The van der Waals surface area contributed by atoms with Gasteiger partial charge in [0, 0.05) is 24.2 Å². The third-order valence-corrected chi connectivity index (χ3v) is 3.18. The molecule has 1 amide bonds. The molecule has 1 aliphatic rings. The van der Waals surface area contributed by atoms with Crippen LogP contribution in [-0.2, 0) is 4.74 Å². The van der Waals surface area contributed by atoms with Crippen molar-refractivity contribution in [3.63, 3.8) is 0 Å². The molecule has 3 N–H and O–H groups in total. The smallest absolute Gasteiger partial charge is 0.249 e. The topological polar surface area (TPSA) is 79.4 Å². The van der Waals surface area contributed by atoms with Crippen molar-refractivity contribution in [3.05, 3.63) is 35.4 Å². The number of ether oxygens (including phenoxy) is 1. The summed E-state index contributed by atoms with van der Waals surface area (Å²) in [5.41, 5.74) is 6.33. The fraction of sp³-hybridized carbons (Fsp3) is 0.429. The van der Waals surface area contributed by atoms with Gasteiger partial charge < -0.3 is 15.4 Å². The van der Waals surface area contributed by atoms with Gasteiger partial charge in [-0.25, -0.2) is 0 Å². The van der Waals surface area contributed by atoms with E-state index in [1.807, 2.05) is 24.8 Å². The minimum Gasteiger partial charge on any atom is -0.372 e. The van der Waals surface area contributed by atoms with Gasteiger partial charge in [-0.2, -0.15) is 0 Å². The summed E-state index contributed by atoms with van der Waals surface area (Å²) in [6.45, 7) is 5.26. The fourth-order valence-corrected chi connectivity index (χ4v) is 2.44. The Hall–Kier alpha value is -1.88. The molecule has 2 unspecified atom stereocenters. The van der Waals surface area contributed by atoms with Gasteiger partial charge in [-0.3, -0.25) is 10.2 Å². The lowest BCUT2D eigenvalue weighted by Gasteiger charge is -2.37. The van der Waals surface area contributed by atoms with Crippen LogP contribution in [0.3, 0.4) is 0 Å². The first kappa shape index (κ1) is 13.5. The van der Waals surface area contributed by atoms with Gasteiger partial charge in [0.2, 0.25) is 5.91 Å². The number of hydrogen-bond acceptors (Lipinski definition) is 3. The van der Waals surface area contributed by atoms with E-state index in [-0.39, 0.29) is 12.2 Å². The van der Waals surface area contributed by atoms with E-state index >= 15 is 0 Å². The van der Waals surface area contributed by atoms with Crippen molar-refractivity contribution in [1.82, 2.24) is 4.90 Å². The van der Waals surface area contributed by atoms with E-state index in [1.165, 1.54) is 0 Å². The summed E-state index contributed by atoms with van der Waals surface area (Å²) in [6, 6.07) is 6.97. The summed E-state index contributed by atoms with van der Waals surface area (Å²) in [4.78, 5) is 13.4. The van der Waals surface area contributed by atoms with Crippen LogP contribution in [0.5, 0.6) is 0 Å². The average molecular weight is 261 g/mol. The minimum atomic E-state index is -0.505. The number of carbonyl (C=O) groups is 1. The molecular weight excluding hydrogens is 242 g/mol. The van der Waals surface area contributed by atoms with Crippen LogP contribution in [0.15, 0.2) is 24.3 Å². The fourth-order valence-electron chi connectivity index (χ4n) is 2.44. The van der Waals surface area contributed by atoms with Gasteiger partial charge in [0.25, 0.3) is 0 Å². The highest BCUT2D eigenvalue weighted by molar-refractivity contribution is 6.07. The van der Waals surface area contributed by atoms with Gasteiger partial charge in [-0.05, 0) is 19.9 Å². The predicted octanol–water partition coefficient (Wildman–Crippen LogP) is 1.22. The molecule has 1 aromatic rings. The van der Waals surface area contributed by atoms with E-state index in [9.17, 15) is 4.79 Å². The molecular formula is C14H19N3O2. The summed E-state index contributed by atoms with van der Waals surface area (Å²) in [6.07, 6.45) is 0.148. The largest absolute Gasteiger partial charge is 0.372 e. The first-order chi connectivity index (χ1) is 8.99. The summed E-state index contributed by atoms with van der Waals surface area (Å²) in [7, 11) is 0. The Morgan fingerprint density at radius 3 is 2.32 bits per heavy atom. The van der Waals surface area contributed by atoms with Crippen molar-refractivity contribution >= 4 is 11.7 Å². The second-order valence-electron chi connectivity index (χ2n) is 4.92. The Bertz CT molecular complexity index is 491. The molecule has 0 spiro atoms.